The van der Waals surface area contributed by atoms with E-state index in [-0.39, 0.29) is 17.2 Å². The molecule has 0 saturated carbocycles. The van der Waals surface area contributed by atoms with Crippen LogP contribution in [0.2, 0.25) is 0 Å². The number of hydrogen-bond acceptors (Lipinski definition) is 5. The summed E-state index contributed by atoms with van der Waals surface area (Å²) in [5.74, 6) is -1.38. The second-order valence-corrected chi connectivity index (χ2v) is 5.33. The zero-order valence-corrected chi connectivity index (χ0v) is 10.7. The lowest BCUT2D eigenvalue weighted by Gasteiger charge is -2.08. The molecule has 1 aromatic carbocycles. The van der Waals surface area contributed by atoms with Crippen LogP contribution < -0.4 is 10.5 Å². The number of hydrogen-bond donors (Lipinski definition) is 4. The van der Waals surface area contributed by atoms with Gasteiger partial charge in [0.05, 0.1) is 11.8 Å². The highest BCUT2D eigenvalue weighted by Gasteiger charge is 2.21. The minimum atomic E-state index is -4.17. The van der Waals surface area contributed by atoms with Crippen molar-refractivity contribution in [3.63, 3.8) is 0 Å². The van der Waals surface area contributed by atoms with Crippen molar-refractivity contribution < 1.29 is 18.0 Å². The predicted octanol–water partition coefficient (Wildman–Crippen LogP) is 0.444. The second kappa shape index (κ2) is 5.17. The zero-order chi connectivity index (χ0) is 14.8. The summed E-state index contributed by atoms with van der Waals surface area (Å²) in [7, 11) is -4.17. The van der Waals surface area contributed by atoms with Crippen LogP contribution in [0.3, 0.4) is 0 Å². The van der Waals surface area contributed by atoms with Crippen molar-refractivity contribution in [2.45, 2.75) is 4.90 Å². The number of aromatic nitrogens is 2. The molecule has 1 aromatic heterocycles. The summed E-state index contributed by atoms with van der Waals surface area (Å²) in [5, 5.41) is 17.2. The smallest absolute Gasteiger partial charge is 0.265 e. The molecular formula is C10H10FN5O3S. The number of halogens is 1. The number of nitrogens with one attached hydrogen (secondary N) is 2. The van der Waals surface area contributed by atoms with Gasteiger partial charge >= 0.3 is 0 Å². The van der Waals surface area contributed by atoms with Crippen molar-refractivity contribution in [3.8, 4) is 0 Å². The first-order valence-electron chi connectivity index (χ1n) is 5.24. The van der Waals surface area contributed by atoms with Crippen LogP contribution in [0.5, 0.6) is 0 Å². The van der Waals surface area contributed by atoms with Crippen LogP contribution >= 0.6 is 0 Å². The molecule has 2 aromatic rings. The maximum Gasteiger partial charge on any atom is 0.265 e. The molecule has 10 heteroatoms. The molecular weight excluding hydrogens is 289 g/mol. The number of anilines is 1. The fourth-order valence-electron chi connectivity index (χ4n) is 1.46. The number of nitrogens with two attached hydrogens (primary N) is 1. The lowest BCUT2D eigenvalue weighted by molar-refractivity contribution is 0.318. The number of H-pyrrole nitrogens is 1. The maximum absolute atomic E-state index is 13.5. The van der Waals surface area contributed by atoms with Gasteiger partial charge in [-0.05, 0) is 12.1 Å². The van der Waals surface area contributed by atoms with Crippen LogP contribution in [0.4, 0.5) is 10.2 Å². The van der Waals surface area contributed by atoms with Crippen molar-refractivity contribution in [3.05, 3.63) is 41.8 Å². The minimum absolute atomic E-state index is 0.0346. The number of sulfonamides is 1. The van der Waals surface area contributed by atoms with Crippen molar-refractivity contribution >= 4 is 21.7 Å². The highest BCUT2D eigenvalue weighted by atomic mass is 32.2. The van der Waals surface area contributed by atoms with Gasteiger partial charge in [0.1, 0.15) is 16.5 Å². The molecule has 0 aliphatic rings. The molecule has 20 heavy (non-hydrogen) atoms. The van der Waals surface area contributed by atoms with E-state index in [1.807, 2.05) is 0 Å². The highest BCUT2D eigenvalue weighted by Crippen LogP contribution is 2.19. The fourth-order valence-corrected chi connectivity index (χ4v) is 2.58. The molecule has 2 rings (SSSR count). The molecule has 106 valence electrons. The normalized spacial score (nSPS) is 12.3. The third-order valence-corrected chi connectivity index (χ3v) is 3.77. The zero-order valence-electron chi connectivity index (χ0n) is 9.91. The van der Waals surface area contributed by atoms with Crippen LogP contribution in [0, 0.1) is 5.82 Å². The van der Waals surface area contributed by atoms with Crippen molar-refractivity contribution in [2.75, 3.05) is 4.72 Å². The SMILES string of the molecule is NC(=NO)c1cn[nH]c1NS(=O)(=O)c1ccccc1F. The molecule has 0 fully saturated rings. The summed E-state index contributed by atoms with van der Waals surface area (Å²) in [6, 6.07) is 4.88. The first-order chi connectivity index (χ1) is 9.45. The minimum Gasteiger partial charge on any atom is -0.409 e. The molecule has 0 unspecified atom stereocenters. The molecule has 0 saturated heterocycles. The Kier molecular flexibility index (Phi) is 3.57. The third-order valence-electron chi connectivity index (χ3n) is 2.39. The number of oxime groups is 1. The van der Waals surface area contributed by atoms with Gasteiger partial charge in [-0.15, -0.1) is 0 Å². The van der Waals surface area contributed by atoms with Gasteiger partial charge in [0, 0.05) is 0 Å². The Bertz CT molecular complexity index is 756. The topological polar surface area (TPSA) is 133 Å². The Balaban J connectivity index is 2.40. The van der Waals surface area contributed by atoms with E-state index in [1.165, 1.54) is 12.1 Å². The van der Waals surface area contributed by atoms with Crippen LogP contribution in [0.25, 0.3) is 0 Å². The fraction of sp³-hybridized carbons (Fsp3) is 0. The van der Waals surface area contributed by atoms with Gasteiger partial charge in [-0.25, -0.2) is 12.8 Å². The Morgan fingerprint density at radius 3 is 2.80 bits per heavy atom. The first kappa shape index (κ1) is 13.8. The van der Waals surface area contributed by atoms with Crippen molar-refractivity contribution in [1.82, 2.24) is 10.2 Å². The van der Waals surface area contributed by atoms with Crippen LogP contribution in [-0.2, 0) is 10.0 Å². The summed E-state index contributed by atoms with van der Waals surface area (Å²) in [4.78, 5) is -0.528. The number of aromatic amines is 1. The Morgan fingerprint density at radius 1 is 1.45 bits per heavy atom. The molecule has 0 radical (unpaired) electrons. The maximum atomic E-state index is 13.5. The summed E-state index contributed by atoms with van der Waals surface area (Å²) >= 11 is 0. The van der Waals surface area contributed by atoms with Crippen molar-refractivity contribution in [1.29, 1.82) is 0 Å². The quantitative estimate of drug-likeness (QED) is 0.281. The first-order valence-corrected chi connectivity index (χ1v) is 6.72. The molecule has 8 nitrogen and oxygen atoms in total. The van der Waals surface area contributed by atoms with E-state index in [9.17, 15) is 12.8 Å². The van der Waals surface area contributed by atoms with Gasteiger partial charge in [-0.2, -0.15) is 5.10 Å². The second-order valence-electron chi connectivity index (χ2n) is 3.68. The van der Waals surface area contributed by atoms with Gasteiger partial charge < -0.3 is 10.9 Å². The number of amidine groups is 1. The largest absolute Gasteiger partial charge is 0.409 e. The molecule has 0 aliphatic carbocycles. The van der Waals surface area contributed by atoms with Crippen LogP contribution in [0.15, 0.2) is 40.5 Å². The average Bonchev–Trinajstić information content (AvgIpc) is 2.85. The predicted molar refractivity (Wildman–Crippen MR) is 68.3 cm³/mol. The van der Waals surface area contributed by atoms with Gasteiger partial charge in [-0.3, -0.25) is 9.82 Å². The van der Waals surface area contributed by atoms with Gasteiger partial charge in [-0.1, -0.05) is 17.3 Å². The van der Waals surface area contributed by atoms with E-state index in [0.717, 1.165) is 18.3 Å². The number of nitrogens with zero attached hydrogens (tertiary/aromatic N) is 2. The van der Waals surface area contributed by atoms with Gasteiger partial charge in [0.15, 0.2) is 5.84 Å². The standard InChI is InChI=1S/C10H10FN5O3S/c11-7-3-1-2-4-8(7)20(18,19)16-10-6(5-13-14-10)9(12)15-17/h1-5,17H,(H2,12,15)(H2,13,14,16). The summed E-state index contributed by atoms with van der Waals surface area (Å²) in [6.07, 6.45) is 1.16. The summed E-state index contributed by atoms with van der Waals surface area (Å²) < 4.78 is 39.7. The van der Waals surface area contributed by atoms with Crippen molar-refractivity contribution in [2.24, 2.45) is 10.9 Å². The lowest BCUT2D eigenvalue weighted by atomic mass is 10.3. The van der Waals surface area contributed by atoms with Crippen LogP contribution in [-0.4, -0.2) is 29.7 Å². The summed E-state index contributed by atoms with van der Waals surface area (Å²) in [5.41, 5.74) is 5.39. The number of benzene rings is 1. The lowest BCUT2D eigenvalue weighted by Crippen LogP contribution is -2.19. The molecule has 5 N–H and O–H groups in total. The van der Waals surface area contributed by atoms with Crippen LogP contribution in [0.1, 0.15) is 5.56 Å². The van der Waals surface area contributed by atoms with E-state index < -0.39 is 20.7 Å². The molecule has 0 spiro atoms. The van der Waals surface area contributed by atoms with Gasteiger partial charge in [0.2, 0.25) is 0 Å². The summed E-state index contributed by atoms with van der Waals surface area (Å²) in [6.45, 7) is 0. The molecule has 0 aliphatic heterocycles. The van der Waals surface area contributed by atoms with E-state index in [2.05, 4.69) is 20.1 Å². The molecule has 0 atom stereocenters. The third kappa shape index (κ3) is 2.54. The highest BCUT2D eigenvalue weighted by molar-refractivity contribution is 7.92. The average molecular weight is 299 g/mol. The molecule has 1 heterocycles. The monoisotopic (exact) mass is 299 g/mol. The molecule has 0 amide bonds. The van der Waals surface area contributed by atoms with E-state index in [4.69, 9.17) is 10.9 Å². The Labute approximate surface area is 113 Å². The van der Waals surface area contributed by atoms with E-state index >= 15 is 0 Å². The Morgan fingerprint density at radius 2 is 2.15 bits per heavy atom. The molecule has 0 bridgehead atoms. The van der Waals surface area contributed by atoms with Gasteiger partial charge in [0.25, 0.3) is 10.0 Å². The van der Waals surface area contributed by atoms with E-state index in [1.54, 1.807) is 0 Å². The Hall–Kier alpha value is -2.62. The number of rotatable bonds is 4. The van der Waals surface area contributed by atoms with E-state index in [0.29, 0.717) is 0 Å².